The van der Waals surface area contributed by atoms with E-state index in [4.69, 9.17) is 9.79 Å². The van der Waals surface area contributed by atoms with Gasteiger partial charge >= 0.3 is 32.4 Å². The molecule has 4 heteroatoms. The normalized spacial score (nSPS) is 9.00. The quantitative estimate of drug-likeness (QED) is 0.342. The molecule has 0 saturated carbocycles. The summed E-state index contributed by atoms with van der Waals surface area (Å²) in [6, 6.07) is 0. The minimum atomic E-state index is -1.68. The molecule has 2 nitrogen and oxygen atoms in total. The summed E-state index contributed by atoms with van der Waals surface area (Å²) in [5.74, 6) is 0. The van der Waals surface area contributed by atoms with Crippen LogP contribution in [0.5, 0.6) is 0 Å². The monoisotopic (exact) mass is 146 g/mol. The third-order valence-electron chi connectivity index (χ3n) is 0. The van der Waals surface area contributed by atoms with Gasteiger partial charge in [-0.05, 0) is 0 Å². The first-order valence-electron chi connectivity index (χ1n) is 0.600. The van der Waals surface area contributed by atoms with Gasteiger partial charge in [0.25, 0.3) is 0 Å². The van der Waals surface area contributed by atoms with Gasteiger partial charge in [0.15, 0.2) is 0 Å². The maximum atomic E-state index is 7.65. The van der Waals surface area contributed by atoms with E-state index in [-0.39, 0.29) is 0 Å². The minimum absolute atomic E-state index is 1.68. The molecule has 0 aromatic carbocycles. The summed E-state index contributed by atoms with van der Waals surface area (Å²) >= 11 is 1.71. The molecule has 0 amide bonds. The average molecular weight is 145 g/mol. The van der Waals surface area contributed by atoms with Crippen LogP contribution in [0, 0.1) is 0 Å². The Kier molecular flexibility index (Phi) is 2.59. The summed E-state index contributed by atoms with van der Waals surface area (Å²) in [5, 5.41) is 0. The van der Waals surface area contributed by atoms with E-state index in [2.05, 4.69) is 0 Å². The van der Waals surface area contributed by atoms with Gasteiger partial charge in [-0.1, -0.05) is 0 Å². The summed E-state index contributed by atoms with van der Waals surface area (Å²) in [4.78, 5) is 15.3. The standard InChI is InChI=1S/H3O2PSe/c1-3(2)4/h1-2,4H. The van der Waals surface area contributed by atoms with Gasteiger partial charge in [-0.25, -0.2) is 0 Å². The van der Waals surface area contributed by atoms with E-state index in [1.807, 2.05) is 0 Å². The topological polar surface area (TPSA) is 40.5 Å². The van der Waals surface area contributed by atoms with Crippen LogP contribution in [0.25, 0.3) is 0 Å². The molecule has 0 radical (unpaired) electrons. The van der Waals surface area contributed by atoms with Gasteiger partial charge in [0.2, 0.25) is 0 Å². The van der Waals surface area contributed by atoms with Crippen LogP contribution in [0.2, 0.25) is 0 Å². The van der Waals surface area contributed by atoms with Crippen LogP contribution < -0.4 is 0 Å². The van der Waals surface area contributed by atoms with E-state index in [1.54, 1.807) is 15.6 Å². The fraction of sp³-hybridized carbons (Fsp3) is 0. The second-order valence-electron chi connectivity index (χ2n) is 0.268. The van der Waals surface area contributed by atoms with Gasteiger partial charge in [0.1, 0.15) is 0 Å². The van der Waals surface area contributed by atoms with Gasteiger partial charge in [0, 0.05) is 0 Å². The molecule has 0 atom stereocenters. The van der Waals surface area contributed by atoms with E-state index in [0.717, 1.165) is 0 Å². The Labute approximate surface area is 33.2 Å². The summed E-state index contributed by atoms with van der Waals surface area (Å²) < 4.78 is 0. The third kappa shape index (κ3) is 13.3. The van der Waals surface area contributed by atoms with E-state index < -0.39 is 7.07 Å². The van der Waals surface area contributed by atoms with E-state index in [0.29, 0.717) is 0 Å². The van der Waals surface area contributed by atoms with Crippen molar-refractivity contribution in [2.45, 2.75) is 0 Å². The molecule has 0 heterocycles. The first-order chi connectivity index (χ1) is 1.73. The van der Waals surface area contributed by atoms with Gasteiger partial charge in [-0.2, -0.15) is 0 Å². The van der Waals surface area contributed by atoms with Crippen molar-refractivity contribution in [1.29, 1.82) is 0 Å². The van der Waals surface area contributed by atoms with Crippen LogP contribution in [0.15, 0.2) is 0 Å². The molecule has 2 N–H and O–H groups in total. The van der Waals surface area contributed by atoms with Crippen LogP contribution in [0.4, 0.5) is 0 Å². The Morgan fingerprint density at radius 1 is 1.50 bits per heavy atom. The first-order valence-corrected chi connectivity index (χ1v) is 4.32. The second kappa shape index (κ2) is 2.13. The van der Waals surface area contributed by atoms with Crippen molar-refractivity contribution in [1.82, 2.24) is 0 Å². The molecule has 0 unspecified atom stereocenters. The summed E-state index contributed by atoms with van der Waals surface area (Å²) in [5.41, 5.74) is 0. The van der Waals surface area contributed by atoms with Crippen molar-refractivity contribution < 1.29 is 9.79 Å². The van der Waals surface area contributed by atoms with Crippen molar-refractivity contribution in [3.05, 3.63) is 0 Å². The van der Waals surface area contributed by atoms with Crippen molar-refractivity contribution in [3.63, 3.8) is 0 Å². The zero-order chi connectivity index (χ0) is 3.58. The van der Waals surface area contributed by atoms with Crippen molar-refractivity contribution in [2.75, 3.05) is 0 Å². The van der Waals surface area contributed by atoms with Crippen LogP contribution in [0.1, 0.15) is 0 Å². The zero-order valence-electron chi connectivity index (χ0n) is 1.79. The molecule has 26 valence electrons. The summed E-state index contributed by atoms with van der Waals surface area (Å²) in [6.45, 7) is 0. The molecule has 0 spiro atoms. The predicted octanol–water partition coefficient (Wildman–Crippen LogP) is -0.901. The Hall–Kier alpha value is 0.869. The molecule has 0 saturated heterocycles. The van der Waals surface area contributed by atoms with Gasteiger partial charge in [-0.3, -0.25) is 0 Å². The summed E-state index contributed by atoms with van der Waals surface area (Å²) in [7, 11) is -1.68. The van der Waals surface area contributed by atoms with E-state index >= 15 is 0 Å². The van der Waals surface area contributed by atoms with Crippen molar-refractivity contribution in [3.8, 4) is 0 Å². The number of hydrogen-bond acceptors (Lipinski definition) is 2. The van der Waals surface area contributed by atoms with E-state index in [1.165, 1.54) is 0 Å². The van der Waals surface area contributed by atoms with Gasteiger partial charge in [0.05, 0.1) is 0 Å². The molecule has 0 aromatic rings. The molecule has 0 aliphatic heterocycles. The molecule has 0 aliphatic rings. The Balaban J connectivity index is 2.32. The molecule has 4 heavy (non-hydrogen) atoms. The van der Waals surface area contributed by atoms with Crippen LogP contribution in [0.3, 0.4) is 0 Å². The maximum absolute atomic E-state index is 7.65. The van der Waals surface area contributed by atoms with Crippen LogP contribution in [-0.2, 0) is 0 Å². The predicted molar refractivity (Wildman–Crippen MR) is 18.5 cm³/mol. The Bertz CT molecular complexity index is 10.8. The molecule has 0 rings (SSSR count). The molecular weight excluding hydrogens is 142 g/mol. The molecule has 0 fully saturated rings. The average Bonchev–Trinajstić information content (AvgIpc) is 0.811. The molecule has 0 aliphatic carbocycles. The molecular formula is H3O2PSe. The second-order valence-corrected chi connectivity index (χ2v) is 3.06. The number of hydrogen-bond donors (Lipinski definition) is 2. The fourth-order valence-electron chi connectivity index (χ4n) is 0. The summed E-state index contributed by atoms with van der Waals surface area (Å²) in [6.07, 6.45) is 0. The first kappa shape index (κ1) is 4.87. The van der Waals surface area contributed by atoms with Crippen molar-refractivity contribution in [2.24, 2.45) is 0 Å². The van der Waals surface area contributed by atoms with Crippen molar-refractivity contribution >= 4 is 22.6 Å². The van der Waals surface area contributed by atoms with Crippen LogP contribution in [-0.4, -0.2) is 25.4 Å². The third-order valence-corrected chi connectivity index (χ3v) is 0. The fourth-order valence-corrected chi connectivity index (χ4v) is 0. The Morgan fingerprint density at radius 3 is 1.50 bits per heavy atom. The van der Waals surface area contributed by atoms with E-state index in [9.17, 15) is 0 Å². The molecule has 0 aromatic heterocycles. The van der Waals surface area contributed by atoms with Gasteiger partial charge in [-0.15, -0.1) is 0 Å². The zero-order valence-corrected chi connectivity index (χ0v) is 4.56. The van der Waals surface area contributed by atoms with Crippen LogP contribution >= 0.6 is 7.07 Å². The number of rotatable bonds is 0. The Morgan fingerprint density at radius 2 is 1.50 bits per heavy atom. The molecule has 0 bridgehead atoms. The van der Waals surface area contributed by atoms with Gasteiger partial charge < -0.3 is 0 Å². The SMILES string of the molecule is OP(O)[SeH].